The van der Waals surface area contributed by atoms with Crippen molar-refractivity contribution in [1.82, 2.24) is 5.01 Å². The molecule has 2 nitrogen and oxygen atoms in total. The van der Waals surface area contributed by atoms with Gasteiger partial charge in [0.2, 0.25) is 0 Å². The molecule has 0 aliphatic carbocycles. The van der Waals surface area contributed by atoms with E-state index in [-0.39, 0.29) is 5.41 Å². The Morgan fingerprint density at radius 1 is 1.00 bits per heavy atom. The lowest BCUT2D eigenvalue weighted by molar-refractivity contribution is 0.161. The van der Waals surface area contributed by atoms with Gasteiger partial charge < -0.3 is 0 Å². The van der Waals surface area contributed by atoms with Gasteiger partial charge in [-0.05, 0) is 43.2 Å². The van der Waals surface area contributed by atoms with Gasteiger partial charge in [-0.25, -0.2) is 0 Å². The molecule has 1 fully saturated rings. The summed E-state index contributed by atoms with van der Waals surface area (Å²) in [5.74, 6) is 0. The van der Waals surface area contributed by atoms with Crippen molar-refractivity contribution in [2.24, 2.45) is 10.5 Å². The van der Waals surface area contributed by atoms with E-state index in [1.807, 2.05) is 0 Å². The van der Waals surface area contributed by atoms with E-state index in [2.05, 4.69) is 93.4 Å². The molecule has 1 heterocycles. The maximum Gasteiger partial charge on any atom is 0.0775 e. The second kappa shape index (κ2) is 6.80. The van der Waals surface area contributed by atoms with Crippen molar-refractivity contribution < 1.29 is 0 Å². The highest BCUT2D eigenvalue weighted by molar-refractivity contribution is 5.78. The fraction of sp³-hybridized carbons (Fsp3) is 0.409. The molecule has 1 aliphatic heterocycles. The van der Waals surface area contributed by atoms with Gasteiger partial charge in [-0.3, -0.25) is 5.01 Å². The molecule has 2 atom stereocenters. The second-order valence-corrected chi connectivity index (χ2v) is 7.78. The first-order valence-electron chi connectivity index (χ1n) is 8.86. The van der Waals surface area contributed by atoms with Gasteiger partial charge in [-0.2, -0.15) is 5.10 Å². The smallest absolute Gasteiger partial charge is 0.0775 e. The molecule has 2 aromatic carbocycles. The van der Waals surface area contributed by atoms with Crippen LogP contribution in [0.3, 0.4) is 0 Å². The molecule has 0 spiro atoms. The van der Waals surface area contributed by atoms with Crippen LogP contribution in [0.2, 0.25) is 0 Å². The molecule has 0 bridgehead atoms. The first kappa shape index (κ1) is 16.8. The lowest BCUT2D eigenvalue weighted by atomic mass is 9.80. The Balaban J connectivity index is 1.96. The van der Waals surface area contributed by atoms with Crippen LogP contribution in [0.25, 0.3) is 0 Å². The highest BCUT2D eigenvalue weighted by Crippen LogP contribution is 2.50. The Kier molecular flexibility index (Phi) is 4.75. The lowest BCUT2D eigenvalue weighted by Gasteiger charge is -2.33. The summed E-state index contributed by atoms with van der Waals surface area (Å²) in [4.78, 5) is 0. The molecular formula is C22H28N2. The molecular weight excluding hydrogens is 292 g/mol. The van der Waals surface area contributed by atoms with Crippen molar-refractivity contribution in [3.05, 3.63) is 71.8 Å². The second-order valence-electron chi connectivity index (χ2n) is 7.78. The summed E-state index contributed by atoms with van der Waals surface area (Å²) >= 11 is 0. The summed E-state index contributed by atoms with van der Waals surface area (Å²) in [7, 11) is 0. The summed E-state index contributed by atoms with van der Waals surface area (Å²) in [6.45, 7) is 8.94. The molecule has 1 saturated heterocycles. The number of nitrogens with zero attached hydrogens (tertiary/aromatic N) is 2. The molecule has 0 N–H and O–H groups in total. The molecule has 0 unspecified atom stereocenters. The molecule has 2 heteroatoms. The average Bonchev–Trinajstić information content (AvgIpc) is 2.78. The molecule has 24 heavy (non-hydrogen) atoms. The molecule has 0 saturated carbocycles. The van der Waals surface area contributed by atoms with Crippen molar-refractivity contribution in [1.29, 1.82) is 0 Å². The van der Waals surface area contributed by atoms with Crippen molar-refractivity contribution >= 4 is 5.71 Å². The molecule has 126 valence electrons. The zero-order valence-corrected chi connectivity index (χ0v) is 15.2. The number of hydrogen-bond acceptors (Lipinski definition) is 2. The average molecular weight is 320 g/mol. The maximum absolute atomic E-state index is 4.96. The van der Waals surface area contributed by atoms with Gasteiger partial charge in [0.05, 0.1) is 12.1 Å². The van der Waals surface area contributed by atoms with Crippen LogP contribution in [0.5, 0.6) is 0 Å². The molecule has 0 radical (unpaired) electrons. The van der Waals surface area contributed by atoms with E-state index >= 15 is 0 Å². The number of rotatable bonds is 4. The minimum Gasteiger partial charge on any atom is -0.286 e. The first-order chi connectivity index (χ1) is 11.5. The standard InChI is InChI=1S/C22H28N2/c1-17(2)23-24-20(15-18-11-7-5-8-12-18)16-22(3,4)21(24)19-13-9-6-10-14-19/h5-14,20-21H,15-16H2,1-4H3/t20-,21+/m0/s1. The Labute approximate surface area is 146 Å². The van der Waals surface area contributed by atoms with Crippen LogP contribution in [0.4, 0.5) is 0 Å². The van der Waals surface area contributed by atoms with Crippen LogP contribution in [-0.2, 0) is 6.42 Å². The summed E-state index contributed by atoms with van der Waals surface area (Å²) < 4.78 is 0. The number of hydrazone groups is 1. The van der Waals surface area contributed by atoms with Crippen LogP contribution in [-0.4, -0.2) is 16.8 Å². The summed E-state index contributed by atoms with van der Waals surface area (Å²) in [6, 6.07) is 22.4. The van der Waals surface area contributed by atoms with E-state index in [0.717, 1.165) is 18.6 Å². The molecule has 1 aliphatic rings. The van der Waals surface area contributed by atoms with Crippen molar-refractivity contribution in [3.8, 4) is 0 Å². The summed E-state index contributed by atoms with van der Waals surface area (Å²) in [5, 5.41) is 7.33. The Morgan fingerprint density at radius 3 is 2.17 bits per heavy atom. The van der Waals surface area contributed by atoms with E-state index in [1.165, 1.54) is 11.1 Å². The van der Waals surface area contributed by atoms with Gasteiger partial charge >= 0.3 is 0 Å². The highest BCUT2D eigenvalue weighted by atomic mass is 15.5. The van der Waals surface area contributed by atoms with Crippen molar-refractivity contribution in [2.45, 2.75) is 52.6 Å². The fourth-order valence-corrected chi connectivity index (χ4v) is 4.04. The van der Waals surface area contributed by atoms with Crippen LogP contribution < -0.4 is 0 Å². The third-order valence-corrected chi connectivity index (χ3v) is 4.89. The molecule has 0 aromatic heterocycles. The number of hydrogen-bond donors (Lipinski definition) is 0. The van der Waals surface area contributed by atoms with Gasteiger partial charge in [-0.15, -0.1) is 0 Å². The third-order valence-electron chi connectivity index (χ3n) is 4.89. The zero-order chi connectivity index (χ0) is 17.2. The fourth-order valence-electron chi connectivity index (χ4n) is 4.04. The molecule has 0 amide bonds. The minimum atomic E-state index is 0.194. The third kappa shape index (κ3) is 3.53. The van der Waals surface area contributed by atoms with Gasteiger partial charge in [0.1, 0.15) is 0 Å². The topological polar surface area (TPSA) is 15.6 Å². The van der Waals surface area contributed by atoms with E-state index in [4.69, 9.17) is 5.10 Å². The molecule has 3 rings (SSSR count). The minimum absolute atomic E-state index is 0.194. The van der Waals surface area contributed by atoms with Crippen LogP contribution >= 0.6 is 0 Å². The predicted octanol–water partition coefficient (Wildman–Crippen LogP) is 5.47. The quantitative estimate of drug-likeness (QED) is 0.682. The maximum atomic E-state index is 4.96. The lowest BCUT2D eigenvalue weighted by Crippen LogP contribution is -2.30. The monoisotopic (exact) mass is 320 g/mol. The normalized spacial score (nSPS) is 22.4. The predicted molar refractivity (Wildman–Crippen MR) is 102 cm³/mol. The van der Waals surface area contributed by atoms with Crippen LogP contribution in [0, 0.1) is 5.41 Å². The largest absolute Gasteiger partial charge is 0.286 e. The highest BCUT2D eigenvalue weighted by Gasteiger charge is 2.46. The SMILES string of the molecule is CC(C)=NN1[C@@H](Cc2ccccc2)CC(C)(C)[C@H]1c1ccccc1. The molecule has 2 aromatic rings. The van der Waals surface area contributed by atoms with Gasteiger partial charge in [0.25, 0.3) is 0 Å². The Morgan fingerprint density at radius 2 is 1.58 bits per heavy atom. The van der Waals surface area contributed by atoms with Crippen molar-refractivity contribution in [2.75, 3.05) is 0 Å². The van der Waals surface area contributed by atoms with Gasteiger partial charge in [0, 0.05) is 5.71 Å². The van der Waals surface area contributed by atoms with Crippen LogP contribution in [0.15, 0.2) is 65.8 Å². The van der Waals surface area contributed by atoms with Gasteiger partial charge in [0.15, 0.2) is 0 Å². The van der Waals surface area contributed by atoms with Crippen LogP contribution in [0.1, 0.15) is 51.3 Å². The van der Waals surface area contributed by atoms with E-state index in [0.29, 0.717) is 12.1 Å². The summed E-state index contributed by atoms with van der Waals surface area (Å²) in [6.07, 6.45) is 2.20. The first-order valence-corrected chi connectivity index (χ1v) is 8.86. The van der Waals surface area contributed by atoms with Crippen molar-refractivity contribution in [3.63, 3.8) is 0 Å². The Bertz CT molecular complexity index is 684. The summed E-state index contributed by atoms with van der Waals surface area (Å²) in [5.41, 5.74) is 4.07. The zero-order valence-electron chi connectivity index (χ0n) is 15.2. The van der Waals surface area contributed by atoms with E-state index < -0.39 is 0 Å². The van der Waals surface area contributed by atoms with E-state index in [9.17, 15) is 0 Å². The van der Waals surface area contributed by atoms with Gasteiger partial charge in [-0.1, -0.05) is 74.5 Å². The van der Waals surface area contributed by atoms with E-state index in [1.54, 1.807) is 0 Å². The Hall–Kier alpha value is -2.09. The number of benzene rings is 2.